The summed E-state index contributed by atoms with van der Waals surface area (Å²) in [5.41, 5.74) is 6.28. The number of alkyl halides is 1. The number of halogens is 3. The van der Waals surface area contributed by atoms with Gasteiger partial charge in [-0.15, -0.1) is 12.4 Å². The summed E-state index contributed by atoms with van der Waals surface area (Å²) >= 11 is 3.28. The van der Waals surface area contributed by atoms with Crippen molar-refractivity contribution in [2.45, 2.75) is 6.04 Å². The third-order valence-electron chi connectivity index (χ3n) is 1.46. The molecule has 0 fully saturated rings. The zero-order valence-corrected chi connectivity index (χ0v) is 8.74. The van der Waals surface area contributed by atoms with Gasteiger partial charge >= 0.3 is 0 Å². The fraction of sp³-hybridized carbons (Fsp3) is 0.250. The van der Waals surface area contributed by atoms with E-state index in [1.165, 1.54) is 0 Å². The van der Waals surface area contributed by atoms with Crippen LogP contribution in [-0.4, -0.2) is 6.67 Å². The quantitative estimate of drug-likeness (QED) is 0.863. The molecule has 1 aromatic carbocycles. The predicted octanol–water partition coefficient (Wildman–Crippen LogP) is 2.84. The minimum Gasteiger partial charge on any atom is -0.322 e. The lowest BCUT2D eigenvalue weighted by Crippen LogP contribution is -2.11. The molecule has 1 nitrogen and oxygen atoms in total. The highest BCUT2D eigenvalue weighted by Gasteiger charge is 2.03. The van der Waals surface area contributed by atoms with Crippen molar-refractivity contribution < 1.29 is 4.39 Å². The van der Waals surface area contributed by atoms with E-state index in [-0.39, 0.29) is 12.4 Å². The van der Waals surface area contributed by atoms with Crippen LogP contribution in [0.3, 0.4) is 0 Å². The molecule has 0 amide bonds. The summed E-state index contributed by atoms with van der Waals surface area (Å²) in [6, 6.07) is 6.85. The number of hydrogen-bond donors (Lipinski definition) is 1. The SMILES string of the molecule is Cl.NC(CF)c1ccc(Br)cc1. The average molecular weight is 255 g/mol. The second kappa shape index (κ2) is 5.51. The molecular formula is C8H10BrClFN. The first-order valence-electron chi connectivity index (χ1n) is 3.31. The second-order valence-corrected chi connectivity index (χ2v) is 3.23. The van der Waals surface area contributed by atoms with Crippen molar-refractivity contribution in [3.63, 3.8) is 0 Å². The largest absolute Gasteiger partial charge is 0.322 e. The van der Waals surface area contributed by atoms with E-state index in [0.29, 0.717) is 0 Å². The number of benzene rings is 1. The van der Waals surface area contributed by atoms with Crippen LogP contribution in [0.25, 0.3) is 0 Å². The molecule has 1 atom stereocenters. The lowest BCUT2D eigenvalue weighted by atomic mass is 10.1. The van der Waals surface area contributed by atoms with Crippen LogP contribution in [0.1, 0.15) is 11.6 Å². The van der Waals surface area contributed by atoms with Crippen molar-refractivity contribution >= 4 is 28.3 Å². The maximum atomic E-state index is 12.0. The van der Waals surface area contributed by atoms with Gasteiger partial charge in [0.1, 0.15) is 6.67 Å². The monoisotopic (exact) mass is 253 g/mol. The van der Waals surface area contributed by atoms with Crippen LogP contribution >= 0.6 is 28.3 Å². The maximum absolute atomic E-state index is 12.0. The first-order chi connectivity index (χ1) is 5.24. The molecule has 0 aliphatic rings. The van der Waals surface area contributed by atoms with Crippen LogP contribution in [0.15, 0.2) is 28.7 Å². The van der Waals surface area contributed by atoms with Crippen molar-refractivity contribution in [1.29, 1.82) is 0 Å². The molecule has 0 saturated carbocycles. The Balaban J connectivity index is 0.00000121. The van der Waals surface area contributed by atoms with Gasteiger partial charge < -0.3 is 5.73 Å². The lowest BCUT2D eigenvalue weighted by Gasteiger charge is -2.05. The summed E-state index contributed by atoms with van der Waals surface area (Å²) in [6.07, 6.45) is 0. The van der Waals surface area contributed by atoms with Crippen LogP contribution in [0, 0.1) is 0 Å². The molecule has 0 bridgehead atoms. The Morgan fingerprint density at radius 1 is 1.33 bits per heavy atom. The van der Waals surface area contributed by atoms with E-state index in [1.807, 2.05) is 24.3 Å². The molecule has 4 heteroatoms. The molecule has 0 aliphatic carbocycles. The van der Waals surface area contributed by atoms with Gasteiger partial charge in [-0.05, 0) is 17.7 Å². The van der Waals surface area contributed by atoms with E-state index in [4.69, 9.17) is 5.73 Å². The average Bonchev–Trinajstić information content (AvgIpc) is 2.05. The summed E-state index contributed by atoms with van der Waals surface area (Å²) in [5.74, 6) is 0. The summed E-state index contributed by atoms with van der Waals surface area (Å²) in [4.78, 5) is 0. The number of hydrogen-bond acceptors (Lipinski definition) is 1. The third kappa shape index (κ3) is 3.09. The van der Waals surface area contributed by atoms with Gasteiger partial charge in [0, 0.05) is 4.47 Å². The van der Waals surface area contributed by atoms with Crippen LogP contribution in [0.4, 0.5) is 4.39 Å². The van der Waals surface area contributed by atoms with E-state index in [9.17, 15) is 4.39 Å². The topological polar surface area (TPSA) is 26.0 Å². The highest BCUT2D eigenvalue weighted by atomic mass is 79.9. The Hall–Kier alpha value is -0.120. The minimum absolute atomic E-state index is 0. The summed E-state index contributed by atoms with van der Waals surface area (Å²) in [5, 5.41) is 0. The van der Waals surface area contributed by atoms with Crippen LogP contribution in [-0.2, 0) is 0 Å². The van der Waals surface area contributed by atoms with E-state index in [2.05, 4.69) is 15.9 Å². The van der Waals surface area contributed by atoms with Crippen molar-refractivity contribution in [1.82, 2.24) is 0 Å². The Labute approximate surface area is 85.7 Å². The molecule has 0 heterocycles. The zero-order chi connectivity index (χ0) is 8.27. The van der Waals surface area contributed by atoms with Crippen LogP contribution < -0.4 is 5.73 Å². The first-order valence-corrected chi connectivity index (χ1v) is 4.10. The normalized spacial score (nSPS) is 11.9. The molecule has 2 N–H and O–H groups in total. The Morgan fingerprint density at radius 2 is 1.83 bits per heavy atom. The first kappa shape index (κ1) is 11.9. The zero-order valence-electron chi connectivity index (χ0n) is 6.34. The highest BCUT2D eigenvalue weighted by Crippen LogP contribution is 2.15. The summed E-state index contributed by atoms with van der Waals surface area (Å²) in [7, 11) is 0. The van der Waals surface area contributed by atoms with Gasteiger partial charge in [0.05, 0.1) is 6.04 Å². The second-order valence-electron chi connectivity index (χ2n) is 2.31. The third-order valence-corrected chi connectivity index (χ3v) is 1.99. The molecule has 1 unspecified atom stereocenters. The number of rotatable bonds is 2. The van der Waals surface area contributed by atoms with Gasteiger partial charge in [0.15, 0.2) is 0 Å². The van der Waals surface area contributed by atoms with Crippen LogP contribution in [0.5, 0.6) is 0 Å². The molecule has 0 aromatic heterocycles. The smallest absolute Gasteiger partial charge is 0.109 e. The Kier molecular flexibility index (Phi) is 5.46. The molecule has 68 valence electrons. The molecule has 1 aromatic rings. The van der Waals surface area contributed by atoms with Gasteiger partial charge in [0.25, 0.3) is 0 Å². The standard InChI is InChI=1S/C8H9BrFN.ClH/c9-7-3-1-6(2-4-7)8(11)5-10;/h1-4,8H,5,11H2;1H. The van der Waals surface area contributed by atoms with Crippen molar-refractivity contribution in [3.8, 4) is 0 Å². The molecule has 0 aliphatic heterocycles. The van der Waals surface area contributed by atoms with Gasteiger partial charge in [0.2, 0.25) is 0 Å². The Morgan fingerprint density at radius 3 is 2.25 bits per heavy atom. The predicted molar refractivity (Wildman–Crippen MR) is 54.3 cm³/mol. The van der Waals surface area contributed by atoms with Crippen molar-refractivity contribution in [3.05, 3.63) is 34.3 Å². The molecule has 0 saturated heterocycles. The summed E-state index contributed by atoms with van der Waals surface area (Å²) < 4.78 is 13.0. The van der Waals surface area contributed by atoms with E-state index < -0.39 is 12.7 Å². The van der Waals surface area contributed by atoms with Crippen LogP contribution in [0.2, 0.25) is 0 Å². The van der Waals surface area contributed by atoms with E-state index >= 15 is 0 Å². The molecular weight excluding hydrogens is 244 g/mol. The van der Waals surface area contributed by atoms with Gasteiger partial charge in [-0.25, -0.2) is 4.39 Å². The molecule has 0 spiro atoms. The van der Waals surface area contributed by atoms with Gasteiger partial charge in [-0.3, -0.25) is 0 Å². The van der Waals surface area contributed by atoms with Gasteiger partial charge in [-0.1, -0.05) is 28.1 Å². The fourth-order valence-corrected chi connectivity index (χ4v) is 1.06. The highest BCUT2D eigenvalue weighted by molar-refractivity contribution is 9.10. The minimum atomic E-state index is -0.512. The van der Waals surface area contributed by atoms with Crippen molar-refractivity contribution in [2.75, 3.05) is 6.67 Å². The van der Waals surface area contributed by atoms with E-state index in [0.717, 1.165) is 10.0 Å². The molecule has 1 rings (SSSR count). The lowest BCUT2D eigenvalue weighted by molar-refractivity contribution is 0.437. The Bertz CT molecular complexity index is 227. The van der Waals surface area contributed by atoms with Gasteiger partial charge in [-0.2, -0.15) is 0 Å². The molecule has 12 heavy (non-hydrogen) atoms. The number of nitrogens with two attached hydrogens (primary N) is 1. The van der Waals surface area contributed by atoms with Crippen molar-refractivity contribution in [2.24, 2.45) is 5.73 Å². The maximum Gasteiger partial charge on any atom is 0.109 e. The van der Waals surface area contributed by atoms with E-state index in [1.54, 1.807) is 0 Å². The summed E-state index contributed by atoms with van der Waals surface area (Å²) in [6.45, 7) is -0.512. The fourth-order valence-electron chi connectivity index (χ4n) is 0.799. The molecule has 0 radical (unpaired) electrons.